The first-order valence-corrected chi connectivity index (χ1v) is 4.90. The summed E-state index contributed by atoms with van der Waals surface area (Å²) in [6.45, 7) is 7.18. The van der Waals surface area contributed by atoms with Gasteiger partial charge in [0.1, 0.15) is 6.04 Å². The molecule has 0 aromatic heterocycles. The Labute approximate surface area is 85.6 Å². The molecule has 0 radical (unpaired) electrons. The molecule has 14 heavy (non-hydrogen) atoms. The number of esters is 1. The van der Waals surface area contributed by atoms with Crippen molar-refractivity contribution in [1.82, 2.24) is 10.2 Å². The van der Waals surface area contributed by atoms with Gasteiger partial charge in [-0.05, 0) is 12.5 Å². The summed E-state index contributed by atoms with van der Waals surface area (Å²) in [5.41, 5.74) is 0.123. The van der Waals surface area contributed by atoms with Crippen molar-refractivity contribution in [2.24, 2.45) is 5.41 Å². The van der Waals surface area contributed by atoms with Gasteiger partial charge >= 0.3 is 5.97 Å². The molecule has 1 aliphatic rings. The van der Waals surface area contributed by atoms with Crippen LogP contribution in [0.3, 0.4) is 0 Å². The third-order valence-corrected chi connectivity index (χ3v) is 2.58. The van der Waals surface area contributed by atoms with Crippen LogP contribution in [0.25, 0.3) is 0 Å². The zero-order valence-electron chi connectivity index (χ0n) is 9.63. The monoisotopic (exact) mass is 200 g/mol. The van der Waals surface area contributed by atoms with E-state index in [4.69, 9.17) is 4.74 Å². The summed E-state index contributed by atoms with van der Waals surface area (Å²) in [5, 5.41) is 3.28. The largest absolute Gasteiger partial charge is 0.468 e. The lowest BCUT2D eigenvalue weighted by molar-refractivity contribution is -0.142. The van der Waals surface area contributed by atoms with Crippen LogP contribution in [0.5, 0.6) is 0 Å². The highest BCUT2D eigenvalue weighted by Gasteiger charge is 2.39. The van der Waals surface area contributed by atoms with Gasteiger partial charge in [0.2, 0.25) is 0 Å². The van der Waals surface area contributed by atoms with E-state index in [0.717, 1.165) is 0 Å². The topological polar surface area (TPSA) is 41.6 Å². The van der Waals surface area contributed by atoms with Crippen molar-refractivity contribution in [2.45, 2.75) is 33.0 Å². The third-order valence-electron chi connectivity index (χ3n) is 2.58. The Balaban J connectivity index is 2.65. The zero-order valence-corrected chi connectivity index (χ0v) is 9.63. The Hall–Kier alpha value is -0.610. The summed E-state index contributed by atoms with van der Waals surface area (Å²) >= 11 is 0. The van der Waals surface area contributed by atoms with Gasteiger partial charge in [-0.2, -0.15) is 0 Å². The van der Waals surface area contributed by atoms with Crippen molar-refractivity contribution in [3.63, 3.8) is 0 Å². The van der Waals surface area contributed by atoms with Crippen LogP contribution in [-0.4, -0.2) is 43.8 Å². The van der Waals surface area contributed by atoms with E-state index in [-0.39, 0.29) is 23.6 Å². The highest BCUT2D eigenvalue weighted by Crippen LogP contribution is 2.25. The van der Waals surface area contributed by atoms with Gasteiger partial charge < -0.3 is 4.74 Å². The molecule has 2 unspecified atom stereocenters. The summed E-state index contributed by atoms with van der Waals surface area (Å²) in [5.74, 6) is -0.177. The lowest BCUT2D eigenvalue weighted by Gasteiger charge is -2.32. The number of hydrogen-bond donors (Lipinski definition) is 1. The summed E-state index contributed by atoms with van der Waals surface area (Å²) in [6.07, 6.45) is 0.228. The van der Waals surface area contributed by atoms with Gasteiger partial charge in [-0.25, -0.2) is 0 Å². The predicted molar refractivity (Wildman–Crippen MR) is 54.8 cm³/mol. The summed E-state index contributed by atoms with van der Waals surface area (Å²) in [6, 6.07) is -0.186. The van der Waals surface area contributed by atoms with Crippen molar-refractivity contribution in [3.8, 4) is 0 Å². The molecule has 1 heterocycles. The Kier molecular flexibility index (Phi) is 3.17. The normalized spacial score (nSPS) is 29.2. The third kappa shape index (κ3) is 2.25. The summed E-state index contributed by atoms with van der Waals surface area (Å²) in [7, 11) is 3.44. The van der Waals surface area contributed by atoms with E-state index in [2.05, 4.69) is 31.0 Å². The first-order chi connectivity index (χ1) is 6.36. The molecule has 4 heteroatoms. The molecule has 0 aliphatic carbocycles. The number of likely N-dealkylation sites (N-methyl/N-ethyl adjacent to an activating group) is 1. The van der Waals surface area contributed by atoms with Gasteiger partial charge in [0, 0.05) is 6.54 Å². The molecule has 0 aromatic rings. The molecule has 2 atom stereocenters. The molecule has 0 bridgehead atoms. The van der Waals surface area contributed by atoms with Crippen molar-refractivity contribution in [2.75, 3.05) is 20.7 Å². The number of carbonyl (C=O) groups excluding carboxylic acids is 1. The maximum absolute atomic E-state index is 11.3. The van der Waals surface area contributed by atoms with Crippen molar-refractivity contribution in [1.29, 1.82) is 0 Å². The maximum Gasteiger partial charge on any atom is 0.324 e. The van der Waals surface area contributed by atoms with Gasteiger partial charge in [-0.15, -0.1) is 0 Å². The van der Waals surface area contributed by atoms with E-state index >= 15 is 0 Å². The zero-order chi connectivity index (χ0) is 10.9. The van der Waals surface area contributed by atoms with Crippen molar-refractivity contribution < 1.29 is 9.53 Å². The molecular formula is C10H20N2O2. The fourth-order valence-corrected chi connectivity index (χ4v) is 1.96. The fourth-order valence-electron chi connectivity index (χ4n) is 1.96. The molecule has 1 aliphatic heterocycles. The molecule has 1 fully saturated rings. The number of rotatable bonds is 1. The highest BCUT2D eigenvalue weighted by molar-refractivity contribution is 5.76. The molecule has 1 saturated heterocycles. The first-order valence-electron chi connectivity index (χ1n) is 4.90. The first kappa shape index (κ1) is 11.5. The molecule has 0 saturated carbocycles. The standard InChI is InChI=1S/C10H20N2O2/c1-10(2,3)9-11-7(6-12(9)4)8(13)14-5/h7,9,11H,6H2,1-5H3. The van der Waals surface area contributed by atoms with Gasteiger partial charge in [-0.1, -0.05) is 20.8 Å². The molecule has 0 amide bonds. The number of nitrogens with zero attached hydrogens (tertiary/aromatic N) is 1. The maximum atomic E-state index is 11.3. The van der Waals surface area contributed by atoms with Crippen LogP contribution in [0.1, 0.15) is 20.8 Å². The predicted octanol–water partition coefficient (Wildman–Crippen LogP) is 0.435. The minimum absolute atomic E-state index is 0.123. The second-order valence-corrected chi connectivity index (χ2v) is 4.95. The number of nitrogens with one attached hydrogen (secondary N) is 1. The Morgan fingerprint density at radius 2 is 2.07 bits per heavy atom. The molecule has 4 nitrogen and oxygen atoms in total. The number of ether oxygens (including phenoxy) is 1. The second-order valence-electron chi connectivity index (χ2n) is 4.95. The van der Waals surface area contributed by atoms with Crippen molar-refractivity contribution in [3.05, 3.63) is 0 Å². The van der Waals surface area contributed by atoms with Crippen molar-refractivity contribution >= 4 is 5.97 Å². The highest BCUT2D eigenvalue weighted by atomic mass is 16.5. The van der Waals surface area contributed by atoms with E-state index in [1.165, 1.54) is 7.11 Å². The number of hydrogen-bond acceptors (Lipinski definition) is 4. The average Bonchev–Trinajstić information content (AvgIpc) is 2.45. The van der Waals surface area contributed by atoms with Gasteiger partial charge in [0.05, 0.1) is 13.3 Å². The molecule has 0 aromatic carbocycles. The smallest absolute Gasteiger partial charge is 0.324 e. The van der Waals surface area contributed by atoms with Crippen LogP contribution in [0.2, 0.25) is 0 Å². The Bertz CT molecular complexity index is 223. The quantitative estimate of drug-likeness (QED) is 0.623. The van der Waals surface area contributed by atoms with Crippen LogP contribution in [0, 0.1) is 5.41 Å². The van der Waals surface area contributed by atoms with E-state index in [0.29, 0.717) is 6.54 Å². The van der Waals surface area contributed by atoms with Crippen LogP contribution >= 0.6 is 0 Å². The van der Waals surface area contributed by atoms with E-state index in [9.17, 15) is 4.79 Å². The molecular weight excluding hydrogens is 180 g/mol. The fraction of sp³-hybridized carbons (Fsp3) is 0.900. The van der Waals surface area contributed by atoms with Gasteiger partial charge in [0.15, 0.2) is 0 Å². The van der Waals surface area contributed by atoms with Crippen LogP contribution in [-0.2, 0) is 9.53 Å². The van der Waals surface area contributed by atoms with Gasteiger partial charge in [-0.3, -0.25) is 15.0 Å². The van der Waals surface area contributed by atoms with E-state index in [1.807, 2.05) is 7.05 Å². The van der Waals surface area contributed by atoms with E-state index < -0.39 is 0 Å². The average molecular weight is 200 g/mol. The van der Waals surface area contributed by atoms with Crippen LogP contribution in [0.15, 0.2) is 0 Å². The molecule has 0 spiro atoms. The summed E-state index contributed by atoms with van der Waals surface area (Å²) < 4.78 is 4.72. The minimum Gasteiger partial charge on any atom is -0.468 e. The van der Waals surface area contributed by atoms with E-state index in [1.54, 1.807) is 0 Å². The SMILES string of the molecule is COC(=O)C1CN(C)C(C(C)(C)C)N1. The minimum atomic E-state index is -0.186. The lowest BCUT2D eigenvalue weighted by Crippen LogP contribution is -2.46. The Morgan fingerprint density at radius 1 is 1.50 bits per heavy atom. The number of methoxy groups -OCH3 is 1. The molecule has 82 valence electrons. The van der Waals surface area contributed by atoms with Crippen LogP contribution < -0.4 is 5.32 Å². The summed E-state index contributed by atoms with van der Waals surface area (Å²) in [4.78, 5) is 13.5. The van der Waals surface area contributed by atoms with Gasteiger partial charge in [0.25, 0.3) is 0 Å². The second kappa shape index (κ2) is 3.87. The van der Waals surface area contributed by atoms with Crippen LogP contribution in [0.4, 0.5) is 0 Å². The molecule has 1 rings (SSSR count). The lowest BCUT2D eigenvalue weighted by atomic mass is 9.92. The number of carbonyl (C=O) groups is 1. The molecule has 1 N–H and O–H groups in total. The Morgan fingerprint density at radius 3 is 2.43 bits per heavy atom.